The summed E-state index contributed by atoms with van der Waals surface area (Å²) < 4.78 is 5.13. The number of aliphatic imine (C=N–C) groups is 1. The first-order chi connectivity index (χ1) is 8.78. The third kappa shape index (κ3) is 1.88. The van der Waals surface area contributed by atoms with Crippen molar-refractivity contribution < 1.29 is 9.53 Å². The van der Waals surface area contributed by atoms with E-state index < -0.39 is 0 Å². The Hall–Kier alpha value is -1.81. The van der Waals surface area contributed by atoms with Crippen LogP contribution in [0.5, 0.6) is 5.75 Å². The van der Waals surface area contributed by atoms with Gasteiger partial charge >= 0.3 is 0 Å². The van der Waals surface area contributed by atoms with Gasteiger partial charge in [-0.25, -0.2) is 4.99 Å². The lowest BCUT2D eigenvalue weighted by atomic mass is 10.1. The van der Waals surface area contributed by atoms with E-state index in [4.69, 9.17) is 4.74 Å². The zero-order chi connectivity index (χ0) is 12.5. The van der Waals surface area contributed by atoms with Gasteiger partial charge in [0.15, 0.2) is 5.78 Å². The highest BCUT2D eigenvalue weighted by Crippen LogP contribution is 2.41. The van der Waals surface area contributed by atoms with Crippen molar-refractivity contribution >= 4 is 22.6 Å². The smallest absolute Gasteiger partial charge is 0.189 e. The maximum atomic E-state index is 11.7. The van der Waals surface area contributed by atoms with Crippen molar-refractivity contribution in [1.29, 1.82) is 0 Å². The summed E-state index contributed by atoms with van der Waals surface area (Å²) in [5.41, 5.74) is 1.88. The van der Waals surface area contributed by atoms with Gasteiger partial charge in [0.2, 0.25) is 0 Å². The van der Waals surface area contributed by atoms with Crippen LogP contribution in [0.1, 0.15) is 10.8 Å². The average Bonchev–Trinajstić information content (AvgIpc) is 2.84. The van der Waals surface area contributed by atoms with Crippen molar-refractivity contribution in [2.45, 2.75) is 5.25 Å². The Balaban J connectivity index is 1.89. The van der Waals surface area contributed by atoms with E-state index in [0.717, 1.165) is 21.9 Å². The summed E-state index contributed by atoms with van der Waals surface area (Å²) in [6.07, 6.45) is 5.06. The highest BCUT2D eigenvalue weighted by atomic mass is 32.2. The second-order valence-electron chi connectivity index (χ2n) is 4.01. The summed E-state index contributed by atoms with van der Waals surface area (Å²) in [7, 11) is 1.65. The van der Waals surface area contributed by atoms with Gasteiger partial charge < -0.3 is 4.74 Å². The van der Waals surface area contributed by atoms with Crippen LogP contribution >= 0.6 is 11.8 Å². The monoisotopic (exact) mass is 257 g/mol. The predicted octanol–water partition coefficient (Wildman–Crippen LogP) is 2.90. The lowest BCUT2D eigenvalue weighted by molar-refractivity contribution is -0.110. The molecule has 3 nitrogen and oxygen atoms in total. The summed E-state index contributed by atoms with van der Waals surface area (Å²) in [6, 6.07) is 7.89. The molecule has 0 bridgehead atoms. The summed E-state index contributed by atoms with van der Waals surface area (Å²) >= 11 is 1.61. The van der Waals surface area contributed by atoms with Gasteiger partial charge in [0.25, 0.3) is 0 Å². The molecule has 2 heterocycles. The number of ketones is 1. The fourth-order valence-electron chi connectivity index (χ4n) is 1.95. The zero-order valence-electron chi connectivity index (χ0n) is 9.79. The van der Waals surface area contributed by atoms with Gasteiger partial charge in [-0.3, -0.25) is 4.79 Å². The van der Waals surface area contributed by atoms with Crippen LogP contribution in [0.15, 0.2) is 53.2 Å². The number of rotatable bonds is 2. The normalized spacial score (nSPS) is 21.4. The van der Waals surface area contributed by atoms with Gasteiger partial charge in [0.1, 0.15) is 10.8 Å². The van der Waals surface area contributed by atoms with Crippen LogP contribution in [0.4, 0.5) is 0 Å². The van der Waals surface area contributed by atoms with Crippen LogP contribution in [0.3, 0.4) is 0 Å². The molecule has 18 heavy (non-hydrogen) atoms. The Morgan fingerprint density at radius 3 is 2.72 bits per heavy atom. The maximum Gasteiger partial charge on any atom is 0.189 e. The number of hydrogen-bond donors (Lipinski definition) is 0. The third-order valence-corrected chi connectivity index (χ3v) is 4.13. The molecule has 0 aromatic heterocycles. The number of fused-ring (bicyclic) bond motifs is 1. The summed E-state index contributed by atoms with van der Waals surface area (Å²) in [5.74, 6) is 0.880. The Kier molecular flexibility index (Phi) is 2.80. The molecule has 1 atom stereocenters. The van der Waals surface area contributed by atoms with E-state index in [2.05, 4.69) is 4.99 Å². The first-order valence-electron chi connectivity index (χ1n) is 5.59. The molecule has 2 aliphatic rings. The van der Waals surface area contributed by atoms with Crippen LogP contribution in [-0.2, 0) is 4.79 Å². The molecule has 0 saturated carbocycles. The summed E-state index contributed by atoms with van der Waals surface area (Å²) in [4.78, 5) is 15.9. The lowest BCUT2D eigenvalue weighted by Crippen LogP contribution is -2.06. The molecular weight excluding hydrogens is 246 g/mol. The average molecular weight is 257 g/mol. The van der Waals surface area contributed by atoms with Crippen molar-refractivity contribution in [3.05, 3.63) is 53.8 Å². The third-order valence-electron chi connectivity index (χ3n) is 2.91. The van der Waals surface area contributed by atoms with Gasteiger partial charge in [-0.05, 0) is 17.7 Å². The Morgan fingerprint density at radius 2 is 2.06 bits per heavy atom. The number of methoxy groups -OCH3 is 1. The fourth-order valence-corrected chi connectivity index (χ4v) is 3.10. The second kappa shape index (κ2) is 4.46. The Bertz CT molecular complexity index is 584. The van der Waals surface area contributed by atoms with Gasteiger partial charge in [-0.15, -0.1) is 0 Å². The molecule has 3 rings (SSSR count). The number of hydrogen-bond acceptors (Lipinski definition) is 4. The van der Waals surface area contributed by atoms with Crippen LogP contribution in [-0.4, -0.2) is 17.9 Å². The predicted molar refractivity (Wildman–Crippen MR) is 73.0 cm³/mol. The molecule has 0 radical (unpaired) electrons. The van der Waals surface area contributed by atoms with Gasteiger partial charge in [-0.1, -0.05) is 30.0 Å². The van der Waals surface area contributed by atoms with Crippen molar-refractivity contribution in [2.24, 2.45) is 4.99 Å². The largest absolute Gasteiger partial charge is 0.497 e. The van der Waals surface area contributed by atoms with Crippen LogP contribution in [0.25, 0.3) is 0 Å². The van der Waals surface area contributed by atoms with Crippen molar-refractivity contribution in [3.63, 3.8) is 0 Å². The van der Waals surface area contributed by atoms with E-state index in [1.165, 1.54) is 6.08 Å². The molecule has 2 aliphatic heterocycles. The molecule has 0 N–H and O–H groups in total. The van der Waals surface area contributed by atoms with Crippen molar-refractivity contribution in [1.82, 2.24) is 0 Å². The van der Waals surface area contributed by atoms with E-state index in [1.807, 2.05) is 30.3 Å². The summed E-state index contributed by atoms with van der Waals surface area (Å²) in [6.45, 7) is 0. The van der Waals surface area contributed by atoms with Gasteiger partial charge in [0, 0.05) is 12.3 Å². The van der Waals surface area contributed by atoms with Crippen LogP contribution < -0.4 is 4.74 Å². The van der Waals surface area contributed by atoms with Gasteiger partial charge in [-0.2, -0.15) is 0 Å². The van der Waals surface area contributed by atoms with Crippen LogP contribution in [0, 0.1) is 0 Å². The van der Waals surface area contributed by atoms with E-state index in [1.54, 1.807) is 25.1 Å². The Morgan fingerprint density at radius 1 is 1.28 bits per heavy atom. The second-order valence-corrected chi connectivity index (χ2v) is 5.14. The molecule has 1 aromatic rings. The topological polar surface area (TPSA) is 38.7 Å². The summed E-state index contributed by atoms with van der Waals surface area (Å²) in [5, 5.41) is 0.983. The molecule has 90 valence electrons. The van der Waals surface area contributed by atoms with Crippen LogP contribution in [0.2, 0.25) is 0 Å². The first kappa shape index (κ1) is 11.3. The molecule has 1 unspecified atom stereocenters. The Labute approximate surface area is 109 Å². The number of ether oxygens (including phenoxy) is 1. The quantitative estimate of drug-likeness (QED) is 0.817. The molecule has 1 aromatic carbocycles. The van der Waals surface area contributed by atoms with E-state index in [0.29, 0.717) is 0 Å². The highest BCUT2D eigenvalue weighted by Gasteiger charge is 2.28. The minimum Gasteiger partial charge on any atom is -0.497 e. The highest BCUT2D eigenvalue weighted by molar-refractivity contribution is 8.15. The molecule has 0 spiro atoms. The molecule has 4 heteroatoms. The zero-order valence-corrected chi connectivity index (χ0v) is 10.6. The molecule has 0 fully saturated rings. The number of nitrogens with zero attached hydrogens (tertiary/aromatic N) is 1. The van der Waals surface area contributed by atoms with E-state index in [-0.39, 0.29) is 11.0 Å². The maximum absolute atomic E-state index is 11.7. The number of allylic oxidation sites excluding steroid dienone is 1. The van der Waals surface area contributed by atoms with Crippen molar-refractivity contribution in [2.75, 3.05) is 7.11 Å². The minimum atomic E-state index is 0.0449. The van der Waals surface area contributed by atoms with Crippen molar-refractivity contribution in [3.8, 4) is 5.75 Å². The standard InChI is InChI=1S/C14H11NO2S/c1-17-10-4-2-9(3-5-10)13-8-11-12(16)6-7-15-14(11)18-13/h2-8,13H,1H3. The molecule has 0 amide bonds. The van der Waals surface area contributed by atoms with Gasteiger partial charge in [0.05, 0.1) is 17.9 Å². The minimum absolute atomic E-state index is 0.0449. The number of carbonyl (C=O) groups excluding carboxylic acids is 1. The SMILES string of the molecule is COc1ccc(C2C=C3C(=O)C=CN=C3S2)cc1. The first-order valence-corrected chi connectivity index (χ1v) is 6.47. The number of carbonyl (C=O) groups is 1. The molecule has 0 aliphatic carbocycles. The van der Waals surface area contributed by atoms with E-state index in [9.17, 15) is 4.79 Å². The number of thioether (sulfide) groups is 1. The lowest BCUT2D eigenvalue weighted by Gasteiger charge is -2.08. The van der Waals surface area contributed by atoms with E-state index >= 15 is 0 Å². The number of benzene rings is 1. The molecular formula is C14H11NO2S. The molecule has 0 saturated heterocycles. The fraction of sp³-hybridized carbons (Fsp3) is 0.143.